The van der Waals surface area contributed by atoms with Crippen molar-refractivity contribution >= 4 is 11.3 Å². The third kappa shape index (κ3) is 1.41. The van der Waals surface area contributed by atoms with Crippen LogP contribution in [0.1, 0.15) is 22.1 Å². The van der Waals surface area contributed by atoms with Crippen molar-refractivity contribution in [1.82, 2.24) is 10.2 Å². The zero-order valence-electron chi connectivity index (χ0n) is 9.60. The Hall–Kier alpha value is -2.26. The molecule has 0 saturated heterocycles. The molecule has 0 amide bonds. The summed E-state index contributed by atoms with van der Waals surface area (Å²) in [6, 6.07) is 6.09. The van der Waals surface area contributed by atoms with Crippen LogP contribution in [0.25, 0.3) is 0 Å². The minimum Gasteiger partial charge on any atom is -0.420 e. The Kier molecular flexibility index (Phi) is 2.35. The van der Waals surface area contributed by atoms with E-state index in [1.165, 1.54) is 0 Å². The Morgan fingerprint density at radius 3 is 3.11 bits per heavy atom. The highest BCUT2D eigenvalue weighted by Gasteiger charge is 2.34. The second-order valence-electron chi connectivity index (χ2n) is 4.01. The van der Waals surface area contributed by atoms with E-state index in [1.807, 2.05) is 24.4 Å². The van der Waals surface area contributed by atoms with E-state index >= 15 is 0 Å². The van der Waals surface area contributed by atoms with Crippen molar-refractivity contribution in [1.29, 1.82) is 5.26 Å². The summed E-state index contributed by atoms with van der Waals surface area (Å²) in [6.07, 6.45) is 0. The SMILES string of the molecule is Cc1[nH]nc2c1[C@H](c1cccs1)C(C#N)=C(N)O2. The average Bonchev–Trinajstić information content (AvgIpc) is 2.98. The second kappa shape index (κ2) is 3.89. The summed E-state index contributed by atoms with van der Waals surface area (Å²) in [5.74, 6) is 0.412. The van der Waals surface area contributed by atoms with Crippen LogP contribution in [0.4, 0.5) is 0 Å². The maximum atomic E-state index is 9.29. The highest BCUT2D eigenvalue weighted by molar-refractivity contribution is 7.10. The van der Waals surface area contributed by atoms with Gasteiger partial charge in [-0.25, -0.2) is 0 Å². The van der Waals surface area contributed by atoms with Crippen LogP contribution in [0.2, 0.25) is 0 Å². The molecule has 0 fully saturated rings. The molecule has 0 spiro atoms. The lowest BCUT2D eigenvalue weighted by Crippen LogP contribution is -2.20. The molecule has 3 rings (SSSR count). The summed E-state index contributed by atoms with van der Waals surface area (Å²) in [6.45, 7) is 1.91. The van der Waals surface area contributed by atoms with Crippen molar-refractivity contribution in [2.24, 2.45) is 5.73 Å². The minimum absolute atomic E-state index is 0.134. The normalized spacial score (nSPS) is 18.1. The molecule has 0 radical (unpaired) electrons. The van der Waals surface area contributed by atoms with Gasteiger partial charge < -0.3 is 10.5 Å². The van der Waals surface area contributed by atoms with Gasteiger partial charge in [-0.2, -0.15) is 5.26 Å². The first-order valence-electron chi connectivity index (χ1n) is 5.38. The van der Waals surface area contributed by atoms with Crippen molar-refractivity contribution in [3.8, 4) is 11.9 Å². The van der Waals surface area contributed by atoms with E-state index in [1.54, 1.807) is 11.3 Å². The van der Waals surface area contributed by atoms with Crippen molar-refractivity contribution < 1.29 is 4.74 Å². The fourth-order valence-corrected chi connectivity index (χ4v) is 2.98. The summed E-state index contributed by atoms with van der Waals surface area (Å²) in [5.41, 5.74) is 8.02. The number of allylic oxidation sites excluding steroid dienone is 1. The summed E-state index contributed by atoms with van der Waals surface area (Å²) in [7, 11) is 0. The van der Waals surface area contributed by atoms with Gasteiger partial charge in [0.1, 0.15) is 11.6 Å². The molecular formula is C12H10N4OS. The maximum absolute atomic E-state index is 9.29. The van der Waals surface area contributed by atoms with Gasteiger partial charge in [0.05, 0.1) is 11.5 Å². The van der Waals surface area contributed by atoms with E-state index in [9.17, 15) is 5.26 Å². The molecule has 1 aliphatic heterocycles. The molecule has 0 unspecified atom stereocenters. The molecule has 2 aromatic rings. The number of ether oxygens (including phenoxy) is 1. The van der Waals surface area contributed by atoms with Crippen LogP contribution in [0.3, 0.4) is 0 Å². The van der Waals surface area contributed by atoms with Crippen LogP contribution in [-0.4, -0.2) is 10.2 Å². The van der Waals surface area contributed by atoms with Crippen LogP contribution in [0, 0.1) is 18.3 Å². The molecule has 0 bridgehead atoms. The molecule has 5 nitrogen and oxygen atoms in total. The highest BCUT2D eigenvalue weighted by atomic mass is 32.1. The molecule has 1 atom stereocenters. The van der Waals surface area contributed by atoms with E-state index in [0.717, 1.165) is 16.1 Å². The largest absolute Gasteiger partial charge is 0.420 e. The molecule has 90 valence electrons. The van der Waals surface area contributed by atoms with Crippen molar-refractivity contribution in [3.63, 3.8) is 0 Å². The number of rotatable bonds is 1. The van der Waals surface area contributed by atoms with Crippen LogP contribution < -0.4 is 10.5 Å². The summed E-state index contributed by atoms with van der Waals surface area (Å²) >= 11 is 1.59. The Morgan fingerprint density at radius 1 is 1.61 bits per heavy atom. The topological polar surface area (TPSA) is 87.7 Å². The van der Waals surface area contributed by atoms with E-state index in [4.69, 9.17) is 10.5 Å². The van der Waals surface area contributed by atoms with E-state index in [-0.39, 0.29) is 11.8 Å². The Labute approximate surface area is 108 Å². The zero-order valence-corrected chi connectivity index (χ0v) is 10.4. The molecule has 1 aliphatic rings. The Balaban J connectivity index is 2.25. The predicted octanol–water partition coefficient (Wildman–Crippen LogP) is 2.00. The number of fused-ring (bicyclic) bond motifs is 1. The fraction of sp³-hybridized carbons (Fsp3) is 0.167. The zero-order chi connectivity index (χ0) is 12.7. The molecule has 0 aliphatic carbocycles. The molecule has 3 heterocycles. The number of H-pyrrole nitrogens is 1. The second-order valence-corrected chi connectivity index (χ2v) is 4.99. The van der Waals surface area contributed by atoms with Gasteiger partial charge >= 0.3 is 0 Å². The van der Waals surface area contributed by atoms with Crippen molar-refractivity contribution in [3.05, 3.63) is 45.1 Å². The van der Waals surface area contributed by atoms with Gasteiger partial charge in [-0.15, -0.1) is 16.4 Å². The monoisotopic (exact) mass is 258 g/mol. The van der Waals surface area contributed by atoms with E-state index in [0.29, 0.717) is 11.5 Å². The average molecular weight is 258 g/mol. The number of nitrogens with two attached hydrogens (primary N) is 1. The quantitative estimate of drug-likeness (QED) is 0.818. The van der Waals surface area contributed by atoms with Gasteiger partial charge in [0.25, 0.3) is 0 Å². The van der Waals surface area contributed by atoms with Gasteiger partial charge in [-0.3, -0.25) is 5.10 Å². The number of aromatic amines is 1. The number of aryl methyl sites for hydroxylation is 1. The third-order valence-electron chi connectivity index (χ3n) is 2.96. The van der Waals surface area contributed by atoms with Crippen molar-refractivity contribution in [2.45, 2.75) is 12.8 Å². The van der Waals surface area contributed by atoms with Crippen molar-refractivity contribution in [2.75, 3.05) is 0 Å². The lowest BCUT2D eigenvalue weighted by atomic mass is 9.89. The number of hydrogen-bond acceptors (Lipinski definition) is 5. The summed E-state index contributed by atoms with van der Waals surface area (Å²) < 4.78 is 5.38. The molecule has 0 aromatic carbocycles. The minimum atomic E-state index is -0.183. The van der Waals surface area contributed by atoms with Crippen LogP contribution in [-0.2, 0) is 0 Å². The Morgan fingerprint density at radius 2 is 2.44 bits per heavy atom. The van der Waals surface area contributed by atoms with Gasteiger partial charge in [-0.05, 0) is 18.4 Å². The highest BCUT2D eigenvalue weighted by Crippen LogP contribution is 2.43. The smallest absolute Gasteiger partial charge is 0.244 e. The summed E-state index contributed by atoms with van der Waals surface area (Å²) in [4.78, 5) is 1.06. The maximum Gasteiger partial charge on any atom is 0.244 e. The molecule has 18 heavy (non-hydrogen) atoms. The van der Waals surface area contributed by atoms with E-state index in [2.05, 4.69) is 16.3 Å². The third-order valence-corrected chi connectivity index (χ3v) is 3.89. The van der Waals surface area contributed by atoms with Gasteiger partial charge in [0.2, 0.25) is 11.8 Å². The van der Waals surface area contributed by atoms with Crippen LogP contribution >= 0.6 is 11.3 Å². The Bertz CT molecular complexity index is 663. The first-order chi connectivity index (χ1) is 8.72. The number of nitrogens with zero attached hydrogens (tertiary/aromatic N) is 2. The fourth-order valence-electron chi connectivity index (χ4n) is 2.14. The number of hydrogen-bond donors (Lipinski definition) is 2. The summed E-state index contributed by atoms with van der Waals surface area (Å²) in [5, 5.41) is 18.2. The van der Waals surface area contributed by atoms with Crippen LogP contribution in [0.5, 0.6) is 5.88 Å². The molecule has 2 aromatic heterocycles. The van der Waals surface area contributed by atoms with Gasteiger partial charge in [0.15, 0.2) is 0 Å². The number of nitrogens with one attached hydrogen (secondary N) is 1. The standard InChI is InChI=1S/C12H10N4OS/c1-6-9-10(8-3-2-4-18-8)7(5-13)11(14)17-12(9)16-15-6/h2-4,10H,14H2,1H3,(H,15,16)/t10-/m0/s1. The van der Waals surface area contributed by atoms with Gasteiger partial charge in [-0.1, -0.05) is 6.07 Å². The predicted molar refractivity (Wildman–Crippen MR) is 66.9 cm³/mol. The van der Waals surface area contributed by atoms with Gasteiger partial charge in [0, 0.05) is 10.6 Å². The molecule has 6 heteroatoms. The lowest BCUT2D eigenvalue weighted by Gasteiger charge is -2.22. The molecule has 3 N–H and O–H groups in total. The molecular weight excluding hydrogens is 248 g/mol. The number of thiophene rings is 1. The molecule has 0 saturated carbocycles. The lowest BCUT2D eigenvalue weighted by molar-refractivity contribution is 0.379. The number of nitriles is 1. The first kappa shape index (κ1) is 10.9. The van der Waals surface area contributed by atoms with Crippen LogP contribution in [0.15, 0.2) is 29.0 Å². The van der Waals surface area contributed by atoms with E-state index < -0.39 is 0 Å². The number of aromatic nitrogens is 2. The first-order valence-corrected chi connectivity index (χ1v) is 6.26.